The highest BCUT2D eigenvalue weighted by molar-refractivity contribution is 5.73. The number of nitrogens with one attached hydrogen (secondary N) is 1. The number of nitrogens with zero attached hydrogens (tertiary/aromatic N) is 1. The van der Waals surface area contributed by atoms with Crippen LogP contribution in [0.1, 0.15) is 19.8 Å². The molecule has 2 amide bonds. The predicted molar refractivity (Wildman–Crippen MR) is 50.4 cm³/mol. The third kappa shape index (κ3) is 2.88. The monoisotopic (exact) mass is 186 g/mol. The lowest BCUT2D eigenvalue weighted by Crippen LogP contribution is -2.43. The Balaban J connectivity index is 2.17. The minimum Gasteiger partial charge on any atom is -0.393 e. The number of urea groups is 1. The number of carbonyl (C=O) groups excluding carboxylic acids is 1. The van der Waals surface area contributed by atoms with Crippen LogP contribution in [0.25, 0.3) is 0 Å². The van der Waals surface area contributed by atoms with E-state index in [4.69, 9.17) is 5.11 Å². The van der Waals surface area contributed by atoms with Crippen LogP contribution >= 0.6 is 0 Å². The van der Waals surface area contributed by atoms with Gasteiger partial charge >= 0.3 is 6.03 Å². The summed E-state index contributed by atoms with van der Waals surface area (Å²) in [6.45, 7) is 3.32. The van der Waals surface area contributed by atoms with E-state index in [1.165, 1.54) is 0 Å². The summed E-state index contributed by atoms with van der Waals surface area (Å²) in [5, 5.41) is 11.8. The fourth-order valence-corrected chi connectivity index (χ4v) is 1.61. The molecule has 0 aromatic carbocycles. The van der Waals surface area contributed by atoms with Crippen molar-refractivity contribution < 1.29 is 9.90 Å². The maximum absolute atomic E-state index is 11.3. The van der Waals surface area contributed by atoms with Gasteiger partial charge in [0.1, 0.15) is 0 Å². The van der Waals surface area contributed by atoms with E-state index in [1.54, 1.807) is 11.9 Å². The second-order valence-electron chi connectivity index (χ2n) is 3.71. The van der Waals surface area contributed by atoms with Gasteiger partial charge in [0.25, 0.3) is 0 Å². The highest BCUT2D eigenvalue weighted by Crippen LogP contribution is 2.27. The maximum atomic E-state index is 11.3. The van der Waals surface area contributed by atoms with Crippen molar-refractivity contribution in [3.05, 3.63) is 0 Å². The summed E-state index contributed by atoms with van der Waals surface area (Å²) in [7, 11) is 1.79. The number of carbonyl (C=O) groups is 1. The smallest absolute Gasteiger partial charge is 0.317 e. The Kier molecular flexibility index (Phi) is 3.54. The van der Waals surface area contributed by atoms with Crippen LogP contribution in [0.15, 0.2) is 0 Å². The van der Waals surface area contributed by atoms with E-state index >= 15 is 0 Å². The molecule has 0 spiro atoms. The molecule has 2 N–H and O–H groups in total. The standard InChI is InChI=1S/C9H18N2O2/c1-3-10-9(13)11(2)6-7-4-8(12)5-7/h7-8,12H,3-6H2,1-2H3,(H,10,13). The largest absolute Gasteiger partial charge is 0.393 e. The maximum Gasteiger partial charge on any atom is 0.317 e. The molecule has 0 atom stereocenters. The van der Waals surface area contributed by atoms with Gasteiger partial charge in [-0.2, -0.15) is 0 Å². The van der Waals surface area contributed by atoms with E-state index in [0.29, 0.717) is 12.5 Å². The highest BCUT2D eigenvalue weighted by Gasteiger charge is 2.28. The van der Waals surface area contributed by atoms with E-state index in [-0.39, 0.29) is 12.1 Å². The fourth-order valence-electron chi connectivity index (χ4n) is 1.61. The van der Waals surface area contributed by atoms with Crippen molar-refractivity contribution in [2.45, 2.75) is 25.9 Å². The lowest BCUT2D eigenvalue weighted by molar-refractivity contribution is 0.0325. The molecular formula is C9H18N2O2. The molecule has 1 saturated carbocycles. The lowest BCUT2D eigenvalue weighted by Gasteiger charge is -2.34. The molecule has 0 aromatic rings. The lowest BCUT2D eigenvalue weighted by atomic mass is 9.82. The number of rotatable bonds is 3. The first-order valence-electron chi connectivity index (χ1n) is 4.80. The van der Waals surface area contributed by atoms with Gasteiger partial charge in [-0.05, 0) is 25.7 Å². The van der Waals surface area contributed by atoms with Crippen molar-refractivity contribution in [3.63, 3.8) is 0 Å². The van der Waals surface area contributed by atoms with Gasteiger partial charge in [0.2, 0.25) is 0 Å². The van der Waals surface area contributed by atoms with Crippen molar-refractivity contribution in [3.8, 4) is 0 Å². The molecule has 0 unspecified atom stereocenters. The Morgan fingerprint density at radius 1 is 1.62 bits per heavy atom. The van der Waals surface area contributed by atoms with Gasteiger partial charge in [0.15, 0.2) is 0 Å². The summed E-state index contributed by atoms with van der Waals surface area (Å²) in [4.78, 5) is 12.9. The highest BCUT2D eigenvalue weighted by atomic mass is 16.3. The molecule has 0 bridgehead atoms. The zero-order chi connectivity index (χ0) is 9.84. The molecule has 0 aliphatic heterocycles. The van der Waals surface area contributed by atoms with Crippen molar-refractivity contribution in [1.29, 1.82) is 0 Å². The zero-order valence-electron chi connectivity index (χ0n) is 8.29. The number of aliphatic hydroxyl groups excluding tert-OH is 1. The van der Waals surface area contributed by atoms with Crippen molar-refractivity contribution in [2.75, 3.05) is 20.1 Å². The topological polar surface area (TPSA) is 52.6 Å². The minimum absolute atomic E-state index is 0.0242. The van der Waals surface area contributed by atoms with Crippen LogP contribution in [-0.4, -0.2) is 42.3 Å². The Hall–Kier alpha value is -0.770. The van der Waals surface area contributed by atoms with Gasteiger partial charge in [0, 0.05) is 20.1 Å². The summed E-state index contributed by atoms with van der Waals surface area (Å²) < 4.78 is 0. The molecule has 4 nitrogen and oxygen atoms in total. The predicted octanol–water partition coefficient (Wildman–Crippen LogP) is 0.419. The minimum atomic E-state index is -0.132. The van der Waals surface area contributed by atoms with Crippen LogP contribution in [-0.2, 0) is 0 Å². The van der Waals surface area contributed by atoms with Crippen molar-refractivity contribution in [1.82, 2.24) is 10.2 Å². The first kappa shape index (κ1) is 10.3. The van der Waals surface area contributed by atoms with Crippen molar-refractivity contribution in [2.24, 2.45) is 5.92 Å². The van der Waals surface area contributed by atoms with E-state index in [2.05, 4.69) is 5.32 Å². The summed E-state index contributed by atoms with van der Waals surface area (Å²) in [5.74, 6) is 0.489. The van der Waals surface area contributed by atoms with Gasteiger partial charge in [-0.25, -0.2) is 4.79 Å². The molecule has 1 fully saturated rings. The number of aliphatic hydroxyl groups is 1. The van der Waals surface area contributed by atoms with E-state index < -0.39 is 0 Å². The Morgan fingerprint density at radius 3 is 2.69 bits per heavy atom. The van der Waals surface area contributed by atoms with Crippen LogP contribution in [0.5, 0.6) is 0 Å². The van der Waals surface area contributed by atoms with Gasteiger partial charge in [0.05, 0.1) is 6.10 Å². The molecular weight excluding hydrogens is 168 g/mol. The number of hydrogen-bond donors (Lipinski definition) is 2. The molecule has 0 aromatic heterocycles. The summed E-state index contributed by atoms with van der Waals surface area (Å²) in [6, 6.07) is -0.0242. The molecule has 1 aliphatic carbocycles. The first-order valence-corrected chi connectivity index (χ1v) is 4.80. The molecule has 0 heterocycles. The fraction of sp³-hybridized carbons (Fsp3) is 0.889. The van der Waals surface area contributed by atoms with Crippen LogP contribution in [0, 0.1) is 5.92 Å². The molecule has 76 valence electrons. The van der Waals surface area contributed by atoms with Crippen LogP contribution < -0.4 is 5.32 Å². The molecule has 1 rings (SSSR count). The third-order valence-electron chi connectivity index (χ3n) is 2.42. The quantitative estimate of drug-likeness (QED) is 0.671. The van der Waals surface area contributed by atoms with E-state index in [0.717, 1.165) is 19.4 Å². The van der Waals surface area contributed by atoms with Crippen molar-refractivity contribution >= 4 is 6.03 Å². The van der Waals surface area contributed by atoms with Crippen LogP contribution in [0.4, 0.5) is 4.79 Å². The Bertz CT molecular complexity index is 178. The Morgan fingerprint density at radius 2 is 2.23 bits per heavy atom. The SMILES string of the molecule is CCNC(=O)N(C)CC1CC(O)C1. The number of hydrogen-bond acceptors (Lipinski definition) is 2. The van der Waals surface area contributed by atoms with Gasteiger partial charge in [-0.1, -0.05) is 0 Å². The van der Waals surface area contributed by atoms with E-state index in [9.17, 15) is 4.79 Å². The van der Waals surface area contributed by atoms with Gasteiger partial charge in [-0.15, -0.1) is 0 Å². The molecule has 4 heteroatoms. The van der Waals surface area contributed by atoms with Crippen LogP contribution in [0.2, 0.25) is 0 Å². The average molecular weight is 186 g/mol. The normalized spacial score (nSPS) is 26.4. The molecule has 1 aliphatic rings. The Labute approximate surface area is 78.9 Å². The second kappa shape index (κ2) is 4.46. The molecule has 0 saturated heterocycles. The summed E-state index contributed by atoms with van der Waals surface area (Å²) in [5.41, 5.74) is 0. The third-order valence-corrected chi connectivity index (χ3v) is 2.42. The average Bonchev–Trinajstić information content (AvgIpc) is 2.02. The first-order chi connectivity index (χ1) is 6.13. The molecule has 13 heavy (non-hydrogen) atoms. The van der Waals surface area contributed by atoms with Crippen LogP contribution in [0.3, 0.4) is 0 Å². The van der Waals surface area contributed by atoms with Gasteiger partial charge < -0.3 is 15.3 Å². The van der Waals surface area contributed by atoms with Gasteiger partial charge in [-0.3, -0.25) is 0 Å². The van der Waals surface area contributed by atoms with E-state index in [1.807, 2.05) is 6.92 Å². The second-order valence-corrected chi connectivity index (χ2v) is 3.71. The summed E-state index contributed by atoms with van der Waals surface area (Å²) in [6.07, 6.45) is 1.54. The molecule has 0 radical (unpaired) electrons. The summed E-state index contributed by atoms with van der Waals surface area (Å²) >= 11 is 0. The zero-order valence-corrected chi connectivity index (χ0v) is 8.29. The number of amides is 2.